The van der Waals surface area contributed by atoms with Gasteiger partial charge in [0.2, 0.25) is 6.10 Å². The lowest BCUT2D eigenvalue weighted by Crippen LogP contribution is -2.43. The van der Waals surface area contributed by atoms with Gasteiger partial charge in [0.1, 0.15) is 5.84 Å². The molecule has 5 nitrogen and oxygen atoms in total. The van der Waals surface area contributed by atoms with Gasteiger partial charge in [-0.3, -0.25) is 4.79 Å². The first-order valence-corrected chi connectivity index (χ1v) is 8.35. The molecule has 126 valence electrons. The van der Waals surface area contributed by atoms with Crippen LogP contribution in [0.3, 0.4) is 0 Å². The van der Waals surface area contributed by atoms with Gasteiger partial charge in [-0.2, -0.15) is 0 Å². The lowest BCUT2D eigenvalue weighted by atomic mass is 9.99. The number of amides is 1. The SMILES string of the molecule is CC1CCN(C(=O)C(C)O/N=C(\N)Cc2ccccc2Cl)CC1. The Hall–Kier alpha value is -1.75. The summed E-state index contributed by atoms with van der Waals surface area (Å²) in [6, 6.07) is 7.43. The van der Waals surface area contributed by atoms with Gasteiger partial charge in [0, 0.05) is 24.5 Å². The van der Waals surface area contributed by atoms with E-state index in [0.717, 1.165) is 31.5 Å². The van der Waals surface area contributed by atoms with Gasteiger partial charge in [0.25, 0.3) is 5.91 Å². The summed E-state index contributed by atoms with van der Waals surface area (Å²) in [5.41, 5.74) is 6.74. The van der Waals surface area contributed by atoms with Crippen molar-refractivity contribution < 1.29 is 9.63 Å². The number of halogens is 1. The van der Waals surface area contributed by atoms with Gasteiger partial charge in [-0.15, -0.1) is 0 Å². The Morgan fingerprint density at radius 1 is 1.43 bits per heavy atom. The number of oxime groups is 1. The Labute approximate surface area is 142 Å². The molecule has 1 aliphatic heterocycles. The van der Waals surface area contributed by atoms with E-state index in [4.69, 9.17) is 22.2 Å². The molecule has 0 spiro atoms. The quantitative estimate of drug-likeness (QED) is 0.510. The highest BCUT2D eigenvalue weighted by molar-refractivity contribution is 6.31. The standard InChI is InChI=1S/C17H24ClN3O2/c1-12-7-9-21(10-8-12)17(22)13(2)23-20-16(19)11-14-5-3-4-6-15(14)18/h3-6,12-13H,7-11H2,1-2H3,(H2,19,20). The largest absolute Gasteiger partial charge is 0.384 e. The fraction of sp³-hybridized carbons (Fsp3) is 0.529. The number of piperidine rings is 1. The van der Waals surface area contributed by atoms with Crippen LogP contribution in [-0.4, -0.2) is 35.8 Å². The Balaban J connectivity index is 1.86. The van der Waals surface area contributed by atoms with Crippen molar-refractivity contribution >= 4 is 23.3 Å². The van der Waals surface area contributed by atoms with Crippen molar-refractivity contribution in [3.05, 3.63) is 34.9 Å². The van der Waals surface area contributed by atoms with Crippen LogP contribution in [0.5, 0.6) is 0 Å². The highest BCUT2D eigenvalue weighted by Crippen LogP contribution is 2.17. The third-order valence-electron chi connectivity index (χ3n) is 4.10. The molecule has 0 aromatic heterocycles. The third-order valence-corrected chi connectivity index (χ3v) is 4.47. The maximum atomic E-state index is 12.3. The molecule has 1 amide bonds. The van der Waals surface area contributed by atoms with Gasteiger partial charge in [-0.05, 0) is 37.3 Å². The summed E-state index contributed by atoms with van der Waals surface area (Å²) >= 11 is 6.08. The van der Waals surface area contributed by atoms with E-state index >= 15 is 0 Å². The van der Waals surface area contributed by atoms with E-state index in [1.54, 1.807) is 13.0 Å². The first-order chi connectivity index (χ1) is 11.0. The van der Waals surface area contributed by atoms with E-state index in [-0.39, 0.29) is 5.91 Å². The summed E-state index contributed by atoms with van der Waals surface area (Å²) in [5, 5.41) is 4.52. The average Bonchev–Trinajstić information content (AvgIpc) is 2.55. The zero-order chi connectivity index (χ0) is 16.8. The maximum Gasteiger partial charge on any atom is 0.266 e. The molecule has 1 aromatic carbocycles. The number of hydrogen-bond donors (Lipinski definition) is 1. The van der Waals surface area contributed by atoms with Crippen molar-refractivity contribution in [1.82, 2.24) is 4.90 Å². The van der Waals surface area contributed by atoms with Crippen LogP contribution in [0.4, 0.5) is 0 Å². The summed E-state index contributed by atoms with van der Waals surface area (Å²) in [6.45, 7) is 5.48. The number of likely N-dealkylation sites (tertiary alicyclic amines) is 1. The van der Waals surface area contributed by atoms with Crippen LogP contribution in [0.2, 0.25) is 5.02 Å². The van der Waals surface area contributed by atoms with E-state index in [1.165, 1.54) is 0 Å². The first-order valence-electron chi connectivity index (χ1n) is 7.97. The topological polar surface area (TPSA) is 67.9 Å². The van der Waals surface area contributed by atoms with Gasteiger partial charge in [-0.25, -0.2) is 0 Å². The van der Waals surface area contributed by atoms with Crippen molar-refractivity contribution in [3.8, 4) is 0 Å². The van der Waals surface area contributed by atoms with Crippen LogP contribution in [0.1, 0.15) is 32.3 Å². The molecule has 0 aliphatic carbocycles. The van der Waals surface area contributed by atoms with Crippen LogP contribution < -0.4 is 5.73 Å². The predicted molar refractivity (Wildman–Crippen MR) is 92.3 cm³/mol. The summed E-state index contributed by atoms with van der Waals surface area (Å²) < 4.78 is 0. The number of carbonyl (C=O) groups is 1. The molecular formula is C17H24ClN3O2. The van der Waals surface area contributed by atoms with E-state index in [1.807, 2.05) is 23.1 Å². The summed E-state index contributed by atoms with van der Waals surface area (Å²) in [5.74, 6) is 0.941. The second-order valence-corrected chi connectivity index (χ2v) is 6.51. The number of rotatable bonds is 5. The maximum absolute atomic E-state index is 12.3. The normalized spacial score (nSPS) is 17.9. The molecule has 1 aliphatic rings. The number of carbonyl (C=O) groups excluding carboxylic acids is 1. The molecular weight excluding hydrogens is 314 g/mol. The van der Waals surface area contributed by atoms with Crippen molar-refractivity contribution in [2.75, 3.05) is 13.1 Å². The highest BCUT2D eigenvalue weighted by atomic mass is 35.5. The first kappa shape index (κ1) is 17.6. The van der Waals surface area contributed by atoms with E-state index in [0.29, 0.717) is 23.2 Å². The monoisotopic (exact) mass is 337 g/mol. The molecule has 23 heavy (non-hydrogen) atoms. The Kier molecular flexibility index (Phi) is 6.28. The lowest BCUT2D eigenvalue weighted by Gasteiger charge is -2.31. The minimum atomic E-state index is -0.631. The molecule has 1 unspecified atom stereocenters. The molecule has 1 atom stereocenters. The van der Waals surface area contributed by atoms with E-state index in [9.17, 15) is 4.79 Å². The lowest BCUT2D eigenvalue weighted by molar-refractivity contribution is -0.144. The molecule has 1 heterocycles. The zero-order valence-electron chi connectivity index (χ0n) is 13.7. The minimum absolute atomic E-state index is 0.0359. The third kappa shape index (κ3) is 5.13. The van der Waals surface area contributed by atoms with Crippen LogP contribution >= 0.6 is 11.6 Å². The van der Waals surface area contributed by atoms with Crippen LogP contribution in [0.25, 0.3) is 0 Å². The molecule has 0 radical (unpaired) electrons. The Bertz CT molecular complexity index is 569. The van der Waals surface area contributed by atoms with Crippen molar-refractivity contribution in [1.29, 1.82) is 0 Å². The summed E-state index contributed by atoms with van der Waals surface area (Å²) in [6.07, 6.45) is 1.84. The van der Waals surface area contributed by atoms with Gasteiger partial charge in [0.15, 0.2) is 0 Å². The summed E-state index contributed by atoms with van der Waals surface area (Å²) in [4.78, 5) is 19.4. The Morgan fingerprint density at radius 3 is 2.74 bits per heavy atom. The second kappa shape index (κ2) is 8.20. The number of amidine groups is 1. The van der Waals surface area contributed by atoms with Crippen LogP contribution in [0.15, 0.2) is 29.4 Å². The Morgan fingerprint density at radius 2 is 2.09 bits per heavy atom. The van der Waals surface area contributed by atoms with Crippen LogP contribution in [0, 0.1) is 5.92 Å². The predicted octanol–water partition coefficient (Wildman–Crippen LogP) is 2.82. The second-order valence-electron chi connectivity index (χ2n) is 6.11. The van der Waals surface area contributed by atoms with Crippen molar-refractivity contribution in [2.24, 2.45) is 16.8 Å². The number of nitrogens with two attached hydrogens (primary N) is 1. The molecule has 2 N–H and O–H groups in total. The van der Waals surface area contributed by atoms with Gasteiger partial charge >= 0.3 is 0 Å². The zero-order valence-corrected chi connectivity index (χ0v) is 14.4. The number of hydrogen-bond acceptors (Lipinski definition) is 3. The van der Waals surface area contributed by atoms with Crippen molar-refractivity contribution in [2.45, 2.75) is 39.2 Å². The fourth-order valence-electron chi connectivity index (χ4n) is 2.55. The van der Waals surface area contributed by atoms with Crippen molar-refractivity contribution in [3.63, 3.8) is 0 Å². The number of nitrogens with zero attached hydrogens (tertiary/aromatic N) is 2. The molecule has 6 heteroatoms. The minimum Gasteiger partial charge on any atom is -0.384 e. The van der Waals surface area contributed by atoms with Crippen LogP contribution in [-0.2, 0) is 16.1 Å². The fourth-order valence-corrected chi connectivity index (χ4v) is 2.75. The highest BCUT2D eigenvalue weighted by Gasteiger charge is 2.25. The molecule has 0 bridgehead atoms. The van der Waals surface area contributed by atoms with E-state index < -0.39 is 6.10 Å². The molecule has 1 aromatic rings. The summed E-state index contributed by atoms with van der Waals surface area (Å²) in [7, 11) is 0. The van der Waals surface area contributed by atoms with Gasteiger partial charge in [-0.1, -0.05) is 41.9 Å². The molecule has 0 saturated carbocycles. The molecule has 1 fully saturated rings. The molecule has 2 rings (SSSR count). The molecule has 1 saturated heterocycles. The van der Waals surface area contributed by atoms with E-state index in [2.05, 4.69) is 12.1 Å². The number of benzene rings is 1. The smallest absolute Gasteiger partial charge is 0.266 e. The van der Waals surface area contributed by atoms with Gasteiger partial charge < -0.3 is 15.5 Å². The average molecular weight is 338 g/mol. The van der Waals surface area contributed by atoms with Gasteiger partial charge in [0.05, 0.1) is 0 Å².